The number of rotatable bonds is 0. The molecular weight excluding hydrogens is 184 g/mol. The highest BCUT2D eigenvalue weighted by molar-refractivity contribution is 7.71. The van der Waals surface area contributed by atoms with E-state index >= 15 is 0 Å². The van der Waals surface area contributed by atoms with Gasteiger partial charge in [0.2, 0.25) is 0 Å². The number of hydrogen-bond acceptors (Lipinski definition) is 2. The van der Waals surface area contributed by atoms with E-state index in [0.717, 1.165) is 29.8 Å². The number of hydrogen-bond donors (Lipinski definition) is 2. The highest BCUT2D eigenvalue weighted by atomic mass is 32.1. The molecule has 1 aromatic heterocycles. The van der Waals surface area contributed by atoms with Gasteiger partial charge in [-0.15, -0.1) is 0 Å². The lowest BCUT2D eigenvalue weighted by Gasteiger charge is -1.97. The summed E-state index contributed by atoms with van der Waals surface area (Å²) in [5.41, 5.74) is 3.35. The van der Waals surface area contributed by atoms with Crippen LogP contribution >= 0.6 is 12.2 Å². The minimum absolute atomic E-state index is 0.665. The van der Waals surface area contributed by atoms with Crippen LogP contribution in [0.2, 0.25) is 0 Å². The van der Waals surface area contributed by atoms with Gasteiger partial charge in [-0.05, 0) is 23.8 Å². The quantitative estimate of drug-likeness (QED) is 0.628. The van der Waals surface area contributed by atoms with Crippen LogP contribution in [0.5, 0.6) is 5.75 Å². The van der Waals surface area contributed by atoms with Crippen LogP contribution in [0.4, 0.5) is 0 Å². The molecule has 3 rings (SSSR count). The van der Waals surface area contributed by atoms with Gasteiger partial charge in [-0.1, -0.05) is 0 Å². The van der Waals surface area contributed by atoms with Gasteiger partial charge in [0.1, 0.15) is 5.75 Å². The summed E-state index contributed by atoms with van der Waals surface area (Å²) in [6.45, 7) is 0.794. The minimum atomic E-state index is 0.665. The van der Waals surface area contributed by atoms with Crippen LogP contribution < -0.4 is 4.74 Å². The second kappa shape index (κ2) is 2.35. The van der Waals surface area contributed by atoms with Crippen LogP contribution in [0.3, 0.4) is 0 Å². The van der Waals surface area contributed by atoms with Crippen molar-refractivity contribution in [1.82, 2.24) is 9.97 Å². The third-order valence-corrected chi connectivity index (χ3v) is 2.53. The second-order valence-corrected chi connectivity index (χ2v) is 3.59. The molecule has 0 saturated carbocycles. The van der Waals surface area contributed by atoms with Crippen molar-refractivity contribution in [2.45, 2.75) is 6.42 Å². The number of H-pyrrole nitrogens is 2. The Labute approximate surface area is 79.7 Å². The van der Waals surface area contributed by atoms with Crippen LogP contribution in [0.15, 0.2) is 12.1 Å². The molecule has 0 spiro atoms. The third kappa shape index (κ3) is 0.986. The molecule has 0 saturated heterocycles. The van der Waals surface area contributed by atoms with Gasteiger partial charge in [0.25, 0.3) is 0 Å². The zero-order valence-electron chi connectivity index (χ0n) is 6.89. The van der Waals surface area contributed by atoms with Crippen molar-refractivity contribution < 1.29 is 4.74 Å². The number of fused-ring (bicyclic) bond motifs is 2. The zero-order valence-corrected chi connectivity index (χ0v) is 7.70. The molecule has 0 fully saturated rings. The van der Waals surface area contributed by atoms with E-state index in [1.165, 1.54) is 5.56 Å². The number of imidazole rings is 1. The number of aromatic amines is 2. The van der Waals surface area contributed by atoms with Gasteiger partial charge in [0, 0.05) is 12.5 Å². The molecule has 1 aliphatic heterocycles. The fourth-order valence-corrected chi connectivity index (χ4v) is 1.93. The number of aromatic nitrogens is 2. The molecule has 0 amide bonds. The molecule has 2 heterocycles. The standard InChI is InChI=1S/C9H8N2OS/c13-9-10-6-3-5-1-2-12-8(5)4-7(6)11-9/h3-4H,1-2H2,(H2,10,11,13). The fourth-order valence-electron chi connectivity index (χ4n) is 1.71. The van der Waals surface area contributed by atoms with Crippen LogP contribution in [-0.4, -0.2) is 16.6 Å². The Morgan fingerprint density at radius 3 is 2.85 bits per heavy atom. The van der Waals surface area contributed by atoms with Crippen molar-refractivity contribution >= 4 is 23.3 Å². The molecule has 4 heteroatoms. The van der Waals surface area contributed by atoms with Gasteiger partial charge in [-0.2, -0.15) is 0 Å². The Balaban J connectivity index is 2.41. The summed E-state index contributed by atoms with van der Waals surface area (Å²) in [5, 5.41) is 0. The molecule has 0 unspecified atom stereocenters. The molecule has 13 heavy (non-hydrogen) atoms. The maximum atomic E-state index is 5.45. The van der Waals surface area contributed by atoms with E-state index < -0.39 is 0 Å². The predicted molar refractivity (Wildman–Crippen MR) is 52.7 cm³/mol. The second-order valence-electron chi connectivity index (χ2n) is 3.18. The van der Waals surface area contributed by atoms with E-state index in [2.05, 4.69) is 16.0 Å². The van der Waals surface area contributed by atoms with Crippen LogP contribution in [0.1, 0.15) is 5.56 Å². The van der Waals surface area contributed by atoms with E-state index in [0.29, 0.717) is 4.77 Å². The van der Waals surface area contributed by atoms with Gasteiger partial charge in [-0.3, -0.25) is 0 Å². The van der Waals surface area contributed by atoms with Crippen molar-refractivity contribution in [3.63, 3.8) is 0 Å². The number of nitrogens with one attached hydrogen (secondary N) is 2. The van der Waals surface area contributed by atoms with E-state index in [-0.39, 0.29) is 0 Å². The number of ether oxygens (including phenoxy) is 1. The molecule has 66 valence electrons. The van der Waals surface area contributed by atoms with E-state index in [1.54, 1.807) is 0 Å². The van der Waals surface area contributed by atoms with Crippen LogP contribution in [-0.2, 0) is 6.42 Å². The average Bonchev–Trinajstić information content (AvgIpc) is 2.63. The Hall–Kier alpha value is -1.29. The molecule has 0 atom stereocenters. The third-order valence-electron chi connectivity index (χ3n) is 2.33. The van der Waals surface area contributed by atoms with Crippen molar-refractivity contribution in [3.05, 3.63) is 22.5 Å². The first-order chi connectivity index (χ1) is 6.33. The summed E-state index contributed by atoms with van der Waals surface area (Å²) in [6, 6.07) is 4.11. The largest absolute Gasteiger partial charge is 0.493 e. The minimum Gasteiger partial charge on any atom is -0.493 e. The number of benzene rings is 1. The molecule has 2 N–H and O–H groups in total. The van der Waals surface area contributed by atoms with Crippen molar-refractivity contribution in [1.29, 1.82) is 0 Å². The normalized spacial score (nSPS) is 14.5. The van der Waals surface area contributed by atoms with Crippen LogP contribution in [0, 0.1) is 4.77 Å². The highest BCUT2D eigenvalue weighted by Crippen LogP contribution is 2.28. The summed E-state index contributed by atoms with van der Waals surface area (Å²) in [7, 11) is 0. The SMILES string of the molecule is S=c1[nH]c2cc3c(cc2[nH]1)OCC3. The lowest BCUT2D eigenvalue weighted by atomic mass is 10.1. The van der Waals surface area contributed by atoms with Gasteiger partial charge in [-0.25, -0.2) is 0 Å². The molecule has 0 radical (unpaired) electrons. The average molecular weight is 192 g/mol. The van der Waals surface area contributed by atoms with Crippen molar-refractivity contribution in [2.75, 3.05) is 6.61 Å². The topological polar surface area (TPSA) is 40.8 Å². The van der Waals surface area contributed by atoms with E-state index in [1.807, 2.05) is 6.07 Å². The predicted octanol–water partition coefficient (Wildman–Crippen LogP) is 2.16. The van der Waals surface area contributed by atoms with E-state index in [4.69, 9.17) is 17.0 Å². The molecule has 0 bridgehead atoms. The summed E-state index contributed by atoms with van der Waals surface area (Å²) in [4.78, 5) is 6.16. The maximum absolute atomic E-state index is 5.45. The van der Waals surface area contributed by atoms with Crippen molar-refractivity contribution in [2.24, 2.45) is 0 Å². The van der Waals surface area contributed by atoms with E-state index in [9.17, 15) is 0 Å². The lowest BCUT2D eigenvalue weighted by Crippen LogP contribution is -1.85. The van der Waals surface area contributed by atoms with Gasteiger partial charge < -0.3 is 14.7 Å². The van der Waals surface area contributed by atoms with Gasteiger partial charge >= 0.3 is 0 Å². The van der Waals surface area contributed by atoms with Gasteiger partial charge in [0.15, 0.2) is 4.77 Å². The van der Waals surface area contributed by atoms with Crippen molar-refractivity contribution in [3.8, 4) is 5.75 Å². The molecule has 1 aromatic carbocycles. The Bertz CT molecular complexity index is 482. The summed E-state index contributed by atoms with van der Waals surface area (Å²) >= 11 is 5.00. The Kier molecular flexibility index (Phi) is 1.29. The Morgan fingerprint density at radius 2 is 2.00 bits per heavy atom. The van der Waals surface area contributed by atoms with Crippen LogP contribution in [0.25, 0.3) is 11.0 Å². The zero-order chi connectivity index (χ0) is 8.84. The smallest absolute Gasteiger partial charge is 0.175 e. The first-order valence-electron chi connectivity index (χ1n) is 4.21. The Morgan fingerprint density at radius 1 is 1.23 bits per heavy atom. The van der Waals surface area contributed by atoms with Gasteiger partial charge in [0.05, 0.1) is 17.6 Å². The first kappa shape index (κ1) is 7.15. The summed E-state index contributed by atoms with van der Waals surface area (Å²) in [5.74, 6) is 0.984. The molecule has 0 aliphatic carbocycles. The monoisotopic (exact) mass is 192 g/mol. The maximum Gasteiger partial charge on any atom is 0.175 e. The molecule has 3 nitrogen and oxygen atoms in total. The molecule has 1 aliphatic rings. The summed E-state index contributed by atoms with van der Waals surface area (Å²) < 4.78 is 6.11. The first-order valence-corrected chi connectivity index (χ1v) is 4.61. The molecular formula is C9H8N2OS. The highest BCUT2D eigenvalue weighted by Gasteiger charge is 2.13. The summed E-state index contributed by atoms with van der Waals surface area (Å²) in [6.07, 6.45) is 0.997. The lowest BCUT2D eigenvalue weighted by molar-refractivity contribution is 0.357. The molecule has 2 aromatic rings. The fraction of sp³-hybridized carbons (Fsp3) is 0.222.